The summed E-state index contributed by atoms with van der Waals surface area (Å²) in [6, 6.07) is 52.4. The van der Waals surface area contributed by atoms with Crippen molar-refractivity contribution in [2.24, 2.45) is 0 Å². The molecule has 59 heavy (non-hydrogen) atoms. The third kappa shape index (κ3) is 15.5. The Hall–Kier alpha value is -4.55. The molecular weight excluding hydrogens is 721 g/mol. The quantitative estimate of drug-likeness (QED) is 0.0846. The summed E-state index contributed by atoms with van der Waals surface area (Å²) < 4.78 is 0. The van der Waals surface area contributed by atoms with E-state index in [1.54, 1.807) is 0 Å². The van der Waals surface area contributed by atoms with Crippen LogP contribution in [0.2, 0.25) is 0 Å². The van der Waals surface area contributed by atoms with Crippen molar-refractivity contribution in [2.45, 2.75) is 109 Å². The van der Waals surface area contributed by atoms with E-state index < -0.39 is 0 Å². The monoisotopic (exact) mass is 791 g/mol. The lowest BCUT2D eigenvalue weighted by Crippen LogP contribution is -2.47. The highest BCUT2D eigenvalue weighted by atomic mass is 16.2. The van der Waals surface area contributed by atoms with Gasteiger partial charge in [0.05, 0.1) is 0 Å². The Kier molecular flexibility index (Phi) is 18.8. The lowest BCUT2D eigenvalue weighted by molar-refractivity contribution is 0.0562. The predicted molar refractivity (Wildman–Crippen MR) is 248 cm³/mol. The Balaban J connectivity index is 0.000000219. The van der Waals surface area contributed by atoms with Crippen LogP contribution in [0, 0.1) is 0 Å². The molecule has 0 radical (unpaired) electrons. The van der Waals surface area contributed by atoms with Crippen LogP contribution < -0.4 is 5.32 Å². The smallest absolute Gasteiger partial charge is 0.254 e. The molecule has 0 spiro atoms. The first-order valence-corrected chi connectivity index (χ1v) is 22.9. The van der Waals surface area contributed by atoms with Crippen LogP contribution in [0.3, 0.4) is 0 Å². The number of piperidine rings is 2. The molecule has 1 amide bonds. The zero-order chi connectivity index (χ0) is 40.7. The van der Waals surface area contributed by atoms with Crippen molar-refractivity contribution in [2.75, 3.05) is 39.3 Å². The zero-order valence-corrected chi connectivity index (χ0v) is 35.9. The van der Waals surface area contributed by atoms with Crippen LogP contribution in [0.4, 0.5) is 0 Å². The first-order chi connectivity index (χ1) is 29.1. The van der Waals surface area contributed by atoms with Gasteiger partial charge in [0.15, 0.2) is 0 Å². The van der Waals surface area contributed by atoms with Gasteiger partial charge in [-0.3, -0.25) is 14.6 Å². The number of carbonyl (C=O) groups is 1. The molecule has 7 rings (SSSR count). The minimum Gasteiger partial charge on any atom is -0.336 e. The van der Waals surface area contributed by atoms with Crippen LogP contribution in [0.25, 0.3) is 0 Å². The van der Waals surface area contributed by atoms with Crippen LogP contribution >= 0.6 is 0 Å². The van der Waals surface area contributed by atoms with Crippen LogP contribution in [0.15, 0.2) is 146 Å². The molecule has 0 aromatic heterocycles. The Bertz CT molecular complexity index is 1830. The van der Waals surface area contributed by atoms with Crippen molar-refractivity contribution in [3.63, 3.8) is 0 Å². The minimum atomic E-state index is 0.199. The van der Waals surface area contributed by atoms with E-state index in [0.717, 1.165) is 76.9 Å². The number of aryl methyl sites for hydroxylation is 3. The highest BCUT2D eigenvalue weighted by molar-refractivity contribution is 5.94. The average Bonchev–Trinajstić information content (AvgIpc) is 3.29. The van der Waals surface area contributed by atoms with E-state index in [9.17, 15) is 4.79 Å². The predicted octanol–water partition coefficient (Wildman–Crippen LogP) is 11.0. The zero-order valence-electron chi connectivity index (χ0n) is 35.9. The van der Waals surface area contributed by atoms with Gasteiger partial charge in [0.1, 0.15) is 0 Å². The third-order valence-corrected chi connectivity index (χ3v) is 12.2. The number of hydrogen-bond acceptors (Lipinski definition) is 4. The van der Waals surface area contributed by atoms with Gasteiger partial charge in [0.25, 0.3) is 5.91 Å². The Morgan fingerprint density at radius 3 is 1.47 bits per heavy atom. The van der Waals surface area contributed by atoms with Gasteiger partial charge in [-0.1, -0.05) is 153 Å². The van der Waals surface area contributed by atoms with Crippen LogP contribution in [0.1, 0.15) is 103 Å². The number of carbonyl (C=O) groups excluding carboxylic acids is 1. The Morgan fingerprint density at radius 2 is 0.966 bits per heavy atom. The molecule has 2 heterocycles. The van der Waals surface area contributed by atoms with Gasteiger partial charge in [0, 0.05) is 50.4 Å². The van der Waals surface area contributed by atoms with Crippen LogP contribution in [-0.4, -0.2) is 72.0 Å². The van der Waals surface area contributed by atoms with Crippen molar-refractivity contribution < 1.29 is 4.79 Å². The number of nitrogens with zero attached hydrogens (tertiary/aromatic N) is 3. The van der Waals surface area contributed by atoms with E-state index >= 15 is 0 Å². The van der Waals surface area contributed by atoms with Gasteiger partial charge in [-0.2, -0.15) is 0 Å². The summed E-state index contributed by atoms with van der Waals surface area (Å²) in [6.45, 7) is 10.8. The molecule has 0 saturated carbocycles. The fourth-order valence-electron chi connectivity index (χ4n) is 8.72. The molecule has 0 atom stereocenters. The summed E-state index contributed by atoms with van der Waals surface area (Å²) in [7, 11) is 0. The maximum atomic E-state index is 13.7. The van der Waals surface area contributed by atoms with E-state index in [1.807, 2.05) is 0 Å². The summed E-state index contributed by atoms with van der Waals surface area (Å²) in [5, 5.41) is 3.75. The van der Waals surface area contributed by atoms with Crippen LogP contribution in [0.5, 0.6) is 0 Å². The minimum absolute atomic E-state index is 0.199. The van der Waals surface area contributed by atoms with Crippen LogP contribution in [-0.2, 0) is 32.4 Å². The largest absolute Gasteiger partial charge is 0.336 e. The molecule has 2 aliphatic heterocycles. The number of rotatable bonds is 19. The lowest BCUT2D eigenvalue weighted by Gasteiger charge is -2.39. The summed E-state index contributed by atoms with van der Waals surface area (Å²) in [5.74, 6) is 0.199. The molecule has 312 valence electrons. The molecule has 5 aromatic carbocycles. The highest BCUT2D eigenvalue weighted by Crippen LogP contribution is 2.22. The second-order valence-corrected chi connectivity index (χ2v) is 16.8. The fraction of sp³-hybridized carbons (Fsp3) is 0.426. The number of likely N-dealkylation sites (tertiary alicyclic amines) is 2. The fourth-order valence-corrected chi connectivity index (χ4v) is 8.72. The normalized spacial score (nSPS) is 15.3. The maximum Gasteiger partial charge on any atom is 0.254 e. The first kappa shape index (κ1) is 44.0. The molecular formula is C54H70N4O. The van der Waals surface area contributed by atoms with Crippen molar-refractivity contribution in [3.8, 4) is 0 Å². The Morgan fingerprint density at radius 1 is 0.525 bits per heavy atom. The van der Waals surface area contributed by atoms with Gasteiger partial charge >= 0.3 is 0 Å². The van der Waals surface area contributed by atoms with Gasteiger partial charge in [-0.25, -0.2) is 0 Å². The maximum absolute atomic E-state index is 13.7. The molecule has 0 bridgehead atoms. The van der Waals surface area contributed by atoms with Gasteiger partial charge in [-0.15, -0.1) is 0 Å². The van der Waals surface area contributed by atoms with E-state index in [0.29, 0.717) is 12.1 Å². The molecule has 5 aromatic rings. The Labute approximate surface area is 356 Å². The molecule has 0 unspecified atom stereocenters. The van der Waals surface area contributed by atoms with Gasteiger partial charge in [0.2, 0.25) is 0 Å². The van der Waals surface area contributed by atoms with Crippen molar-refractivity contribution in [3.05, 3.63) is 179 Å². The molecule has 2 fully saturated rings. The standard InChI is InChI=1S/C33H42N2O.C21H28N2/c1-2-3-6-12-29-18-20-31(21-19-29)33(36)35(24-11-17-28-13-7-4-8-14-28)32-22-25-34(26-23-32)27-30-15-9-5-10-16-30;1-3-8-19(9-4-1)12-7-15-22-21-13-16-23(17-14-21)18-20-10-5-2-6-11-20/h4-5,7-10,13-16,18-21,32H,2-3,6,11-12,17,22-27H2,1H3;1-6,8-11,21-22H,7,12-18H2. The number of unbranched alkanes of at least 4 members (excludes halogenated alkanes) is 2. The summed E-state index contributed by atoms with van der Waals surface area (Å²) in [4.78, 5) is 21.0. The van der Waals surface area contributed by atoms with Gasteiger partial charge in [-0.05, 0) is 124 Å². The number of benzene rings is 5. The van der Waals surface area contributed by atoms with Crippen molar-refractivity contribution in [1.29, 1.82) is 0 Å². The summed E-state index contributed by atoms with van der Waals surface area (Å²) >= 11 is 0. The highest BCUT2D eigenvalue weighted by Gasteiger charge is 2.28. The third-order valence-electron chi connectivity index (χ3n) is 12.2. The second-order valence-electron chi connectivity index (χ2n) is 16.8. The molecule has 5 nitrogen and oxygen atoms in total. The second kappa shape index (κ2) is 25.2. The molecule has 2 aliphatic rings. The molecule has 2 saturated heterocycles. The number of amides is 1. The van der Waals surface area contributed by atoms with Gasteiger partial charge < -0.3 is 10.2 Å². The summed E-state index contributed by atoms with van der Waals surface area (Å²) in [5.41, 5.74) is 7.77. The SMILES string of the molecule is CCCCCc1ccc(C(=O)N(CCCc2ccccc2)C2CCN(Cc3ccccc3)CC2)cc1.c1ccc(CCCNC2CCN(Cc3ccccc3)CC2)cc1. The van der Waals surface area contributed by atoms with E-state index in [4.69, 9.17) is 0 Å². The molecule has 5 heteroatoms. The summed E-state index contributed by atoms with van der Waals surface area (Å²) in [6.07, 6.45) is 13.9. The van der Waals surface area contributed by atoms with E-state index in [2.05, 4.69) is 173 Å². The molecule has 0 aliphatic carbocycles. The van der Waals surface area contributed by atoms with Crippen molar-refractivity contribution in [1.82, 2.24) is 20.0 Å². The van der Waals surface area contributed by atoms with Crippen molar-refractivity contribution >= 4 is 5.91 Å². The van der Waals surface area contributed by atoms with E-state index in [1.165, 1.54) is 85.9 Å². The topological polar surface area (TPSA) is 38.8 Å². The first-order valence-electron chi connectivity index (χ1n) is 22.9. The number of hydrogen-bond donors (Lipinski definition) is 1. The average molecular weight is 791 g/mol. The van der Waals surface area contributed by atoms with E-state index in [-0.39, 0.29) is 5.91 Å². The molecule has 1 N–H and O–H groups in total. The lowest BCUT2D eigenvalue weighted by atomic mass is 9.99. The number of nitrogens with one attached hydrogen (secondary N) is 1.